The van der Waals surface area contributed by atoms with E-state index in [1.54, 1.807) is 29.2 Å². The van der Waals surface area contributed by atoms with Crippen LogP contribution in [0.3, 0.4) is 0 Å². The Morgan fingerprint density at radius 1 is 1.07 bits per heavy atom. The van der Waals surface area contributed by atoms with Crippen molar-refractivity contribution in [2.45, 2.75) is 19.4 Å². The lowest BCUT2D eigenvalue weighted by Gasteiger charge is -2.16. The number of amides is 3. The van der Waals surface area contributed by atoms with Gasteiger partial charge in [-0.05, 0) is 36.2 Å². The highest BCUT2D eigenvalue weighted by Gasteiger charge is 2.20. The molecule has 0 aliphatic carbocycles. The highest BCUT2D eigenvalue weighted by molar-refractivity contribution is 5.99. The van der Waals surface area contributed by atoms with Gasteiger partial charge in [-0.25, -0.2) is 13.2 Å². The van der Waals surface area contributed by atoms with Gasteiger partial charge in [0.05, 0.1) is 12.2 Å². The monoisotopic (exact) mass is 405 g/mol. The molecule has 1 aliphatic rings. The molecule has 1 saturated heterocycles. The number of hydrogen-bond acceptors (Lipinski definition) is 3. The van der Waals surface area contributed by atoms with Gasteiger partial charge in [-0.2, -0.15) is 0 Å². The summed E-state index contributed by atoms with van der Waals surface area (Å²) in [5.74, 6) is -5.86. The minimum absolute atomic E-state index is 0.0704. The number of nitrogens with one attached hydrogen (secondary N) is 2. The molecule has 1 heterocycles. The number of halogens is 3. The summed E-state index contributed by atoms with van der Waals surface area (Å²) in [5, 5.41) is 4.44. The fraction of sp³-hybridized carbons (Fsp3) is 0.250. The summed E-state index contributed by atoms with van der Waals surface area (Å²) in [6, 6.07) is 8.20. The topological polar surface area (TPSA) is 78.5 Å². The number of anilines is 1. The molecule has 6 nitrogen and oxygen atoms in total. The predicted molar refractivity (Wildman–Crippen MR) is 98.4 cm³/mol. The lowest BCUT2D eigenvalue weighted by atomic mass is 10.1. The van der Waals surface area contributed by atoms with Crippen molar-refractivity contribution in [3.63, 3.8) is 0 Å². The van der Waals surface area contributed by atoms with E-state index in [9.17, 15) is 27.6 Å². The zero-order chi connectivity index (χ0) is 21.0. The molecule has 2 aromatic carbocycles. The van der Waals surface area contributed by atoms with Gasteiger partial charge in [-0.1, -0.05) is 12.1 Å². The van der Waals surface area contributed by atoms with E-state index in [4.69, 9.17) is 0 Å². The van der Waals surface area contributed by atoms with Crippen LogP contribution >= 0.6 is 0 Å². The van der Waals surface area contributed by atoms with E-state index in [0.717, 1.165) is 18.1 Å². The maximum Gasteiger partial charge on any atom is 0.251 e. The molecule has 0 saturated carbocycles. The van der Waals surface area contributed by atoms with Gasteiger partial charge in [0, 0.05) is 25.1 Å². The van der Waals surface area contributed by atoms with Crippen molar-refractivity contribution in [3.05, 3.63) is 65.0 Å². The molecule has 2 N–H and O–H groups in total. The van der Waals surface area contributed by atoms with Crippen molar-refractivity contribution >= 4 is 23.4 Å². The molecule has 29 heavy (non-hydrogen) atoms. The highest BCUT2D eigenvalue weighted by Crippen LogP contribution is 2.19. The Kier molecular flexibility index (Phi) is 6.16. The minimum atomic E-state index is -1.69. The second kappa shape index (κ2) is 8.76. The first-order valence-electron chi connectivity index (χ1n) is 8.93. The average molecular weight is 405 g/mol. The van der Waals surface area contributed by atoms with E-state index in [1.807, 2.05) is 0 Å². The van der Waals surface area contributed by atoms with Crippen molar-refractivity contribution in [2.75, 3.05) is 18.4 Å². The molecule has 9 heteroatoms. The maximum atomic E-state index is 13.6. The Morgan fingerprint density at radius 3 is 2.59 bits per heavy atom. The first-order valence-corrected chi connectivity index (χ1v) is 8.93. The Hall–Kier alpha value is -3.36. The SMILES string of the molecule is O=C(CNC(=O)c1cccc(CN2CCCC2=O)c1)Nc1ccc(F)c(F)c1F. The van der Waals surface area contributed by atoms with Gasteiger partial charge in [-0.3, -0.25) is 14.4 Å². The normalized spacial score (nSPS) is 13.5. The van der Waals surface area contributed by atoms with Gasteiger partial charge in [0.15, 0.2) is 17.5 Å². The van der Waals surface area contributed by atoms with Gasteiger partial charge < -0.3 is 15.5 Å². The smallest absolute Gasteiger partial charge is 0.251 e. The third-order valence-corrected chi connectivity index (χ3v) is 4.45. The van der Waals surface area contributed by atoms with E-state index >= 15 is 0 Å². The van der Waals surface area contributed by atoms with Crippen LogP contribution in [0.15, 0.2) is 36.4 Å². The Labute approximate surface area is 164 Å². The Morgan fingerprint density at radius 2 is 1.86 bits per heavy atom. The number of likely N-dealkylation sites (tertiary alicyclic amines) is 1. The molecule has 3 rings (SSSR count). The van der Waals surface area contributed by atoms with Crippen LogP contribution in [0.1, 0.15) is 28.8 Å². The zero-order valence-corrected chi connectivity index (χ0v) is 15.3. The first-order chi connectivity index (χ1) is 13.8. The van der Waals surface area contributed by atoms with Crippen LogP contribution in [0, 0.1) is 17.5 Å². The molecule has 2 aromatic rings. The van der Waals surface area contributed by atoms with Crippen LogP contribution in [0.25, 0.3) is 0 Å². The van der Waals surface area contributed by atoms with E-state index < -0.39 is 41.5 Å². The molecule has 1 aliphatic heterocycles. The molecule has 1 fully saturated rings. The minimum Gasteiger partial charge on any atom is -0.343 e. The summed E-state index contributed by atoms with van der Waals surface area (Å²) in [6.07, 6.45) is 1.33. The van der Waals surface area contributed by atoms with E-state index in [-0.39, 0.29) is 5.91 Å². The number of nitrogens with zero attached hydrogens (tertiary/aromatic N) is 1. The summed E-state index contributed by atoms with van der Waals surface area (Å²) < 4.78 is 39.7. The Balaban J connectivity index is 1.56. The molecule has 0 unspecified atom stereocenters. The quantitative estimate of drug-likeness (QED) is 0.726. The molecule has 3 amide bonds. The standard InChI is InChI=1S/C20H18F3N3O3/c21-14-6-7-15(19(23)18(14)22)25-16(27)10-24-20(29)13-4-1-3-12(9-13)11-26-8-2-5-17(26)28/h1,3-4,6-7,9H,2,5,8,10-11H2,(H,24,29)(H,25,27). The molecule has 0 atom stereocenters. The summed E-state index contributed by atoms with van der Waals surface area (Å²) >= 11 is 0. The largest absolute Gasteiger partial charge is 0.343 e. The lowest BCUT2D eigenvalue weighted by molar-refractivity contribution is -0.128. The van der Waals surface area contributed by atoms with Gasteiger partial charge in [0.25, 0.3) is 5.91 Å². The van der Waals surface area contributed by atoms with Crippen LogP contribution in [0.4, 0.5) is 18.9 Å². The fourth-order valence-electron chi connectivity index (χ4n) is 2.98. The summed E-state index contributed by atoms with van der Waals surface area (Å²) in [4.78, 5) is 37.6. The molecule has 0 spiro atoms. The van der Waals surface area contributed by atoms with Crippen LogP contribution in [0.5, 0.6) is 0 Å². The molecule has 0 radical (unpaired) electrons. The molecule has 152 valence electrons. The van der Waals surface area contributed by atoms with E-state index in [0.29, 0.717) is 31.1 Å². The lowest BCUT2D eigenvalue weighted by Crippen LogP contribution is -2.33. The third kappa shape index (κ3) is 4.92. The van der Waals surface area contributed by atoms with E-state index in [2.05, 4.69) is 10.6 Å². The van der Waals surface area contributed by atoms with Crippen LogP contribution < -0.4 is 10.6 Å². The molecule has 0 aromatic heterocycles. The van der Waals surface area contributed by atoms with Crippen molar-refractivity contribution < 1.29 is 27.6 Å². The van der Waals surface area contributed by atoms with Gasteiger partial charge >= 0.3 is 0 Å². The maximum absolute atomic E-state index is 13.6. The van der Waals surface area contributed by atoms with Crippen molar-refractivity contribution in [3.8, 4) is 0 Å². The van der Waals surface area contributed by atoms with Gasteiger partial charge in [0.2, 0.25) is 11.8 Å². The summed E-state index contributed by atoms with van der Waals surface area (Å²) in [7, 11) is 0. The van der Waals surface area contributed by atoms with Gasteiger partial charge in [0.1, 0.15) is 0 Å². The van der Waals surface area contributed by atoms with Crippen molar-refractivity contribution in [2.24, 2.45) is 0 Å². The fourth-order valence-corrected chi connectivity index (χ4v) is 2.98. The first kappa shape index (κ1) is 20.4. The number of carbonyl (C=O) groups excluding carboxylic acids is 3. The second-order valence-corrected chi connectivity index (χ2v) is 6.57. The molecular weight excluding hydrogens is 387 g/mol. The highest BCUT2D eigenvalue weighted by atomic mass is 19.2. The summed E-state index contributed by atoms with van der Waals surface area (Å²) in [6.45, 7) is 0.581. The van der Waals surface area contributed by atoms with Crippen molar-refractivity contribution in [1.29, 1.82) is 0 Å². The zero-order valence-electron chi connectivity index (χ0n) is 15.3. The number of benzene rings is 2. The number of hydrogen-bond donors (Lipinski definition) is 2. The Bertz CT molecular complexity index is 965. The van der Waals surface area contributed by atoms with Crippen molar-refractivity contribution in [1.82, 2.24) is 10.2 Å². The van der Waals surface area contributed by atoms with Crippen LogP contribution in [-0.2, 0) is 16.1 Å². The van der Waals surface area contributed by atoms with Crippen LogP contribution in [0.2, 0.25) is 0 Å². The average Bonchev–Trinajstić information content (AvgIpc) is 3.11. The molecular formula is C20H18F3N3O3. The predicted octanol–water partition coefficient (Wildman–Crippen LogP) is 2.59. The van der Waals surface area contributed by atoms with Crippen LogP contribution in [-0.4, -0.2) is 35.7 Å². The third-order valence-electron chi connectivity index (χ3n) is 4.45. The number of rotatable bonds is 6. The second-order valence-electron chi connectivity index (χ2n) is 6.57. The van der Waals surface area contributed by atoms with Gasteiger partial charge in [-0.15, -0.1) is 0 Å². The molecule has 0 bridgehead atoms. The number of carbonyl (C=O) groups is 3. The summed E-state index contributed by atoms with van der Waals surface area (Å²) in [5.41, 5.74) is 0.544. The van der Waals surface area contributed by atoms with E-state index in [1.165, 1.54) is 0 Å².